The Hall–Kier alpha value is -1.63. The molecule has 1 fully saturated rings. The predicted molar refractivity (Wildman–Crippen MR) is 78.2 cm³/mol. The molecule has 1 aromatic heterocycles. The lowest BCUT2D eigenvalue weighted by Crippen LogP contribution is -2.26. The largest absolute Gasteiger partial charge is 0.351 e. The fourth-order valence-corrected chi connectivity index (χ4v) is 2.92. The Bertz CT molecular complexity index is 497. The van der Waals surface area contributed by atoms with Gasteiger partial charge in [0.2, 0.25) is 5.82 Å². The third-order valence-corrected chi connectivity index (χ3v) is 3.83. The Morgan fingerprint density at radius 3 is 2.80 bits per heavy atom. The molecule has 1 atom stereocenters. The molecule has 2 heterocycles. The molecule has 1 aliphatic rings. The second-order valence-corrected chi connectivity index (χ2v) is 5.75. The molecule has 20 heavy (non-hydrogen) atoms. The first-order valence-corrected chi connectivity index (χ1v) is 7.06. The zero-order valence-electron chi connectivity index (χ0n) is 12.6. The van der Waals surface area contributed by atoms with Crippen molar-refractivity contribution in [2.45, 2.75) is 26.2 Å². The van der Waals surface area contributed by atoms with Crippen molar-refractivity contribution in [1.29, 1.82) is 0 Å². The molecule has 0 aliphatic carbocycles. The number of anilines is 1. The highest BCUT2D eigenvalue weighted by Gasteiger charge is 2.34. The van der Waals surface area contributed by atoms with E-state index < -0.39 is 0 Å². The number of rotatable bonds is 5. The maximum Gasteiger partial charge on any atom is 0.334 e. The van der Waals surface area contributed by atoms with Crippen molar-refractivity contribution in [2.75, 3.05) is 31.6 Å². The number of hydrogen-bond acceptors (Lipinski definition) is 5. The van der Waals surface area contributed by atoms with E-state index in [2.05, 4.69) is 15.3 Å². The lowest BCUT2D eigenvalue weighted by molar-refractivity contribution is -0.385. The summed E-state index contributed by atoms with van der Waals surface area (Å²) in [5.41, 5.74) is 0.747. The molecule has 0 aromatic carbocycles. The van der Waals surface area contributed by atoms with Crippen molar-refractivity contribution < 1.29 is 4.92 Å². The first-order chi connectivity index (χ1) is 9.45. The van der Waals surface area contributed by atoms with Crippen molar-refractivity contribution in [3.63, 3.8) is 0 Å². The van der Waals surface area contributed by atoms with E-state index in [9.17, 15) is 10.1 Å². The summed E-state index contributed by atoms with van der Waals surface area (Å²) >= 11 is 0. The molecule has 1 unspecified atom stereocenters. The molecule has 7 nitrogen and oxygen atoms in total. The summed E-state index contributed by atoms with van der Waals surface area (Å²) in [4.78, 5) is 13.2. The predicted octanol–water partition coefficient (Wildman–Crippen LogP) is 1.50. The highest BCUT2D eigenvalue weighted by molar-refractivity contribution is 5.62. The van der Waals surface area contributed by atoms with Crippen molar-refractivity contribution in [3.05, 3.63) is 15.8 Å². The van der Waals surface area contributed by atoms with E-state index in [1.54, 1.807) is 11.7 Å². The Morgan fingerprint density at radius 1 is 1.55 bits per heavy atom. The Labute approximate surface area is 119 Å². The lowest BCUT2D eigenvalue weighted by Gasteiger charge is -2.17. The van der Waals surface area contributed by atoms with Crippen LogP contribution >= 0.6 is 0 Å². The molecule has 112 valence electrons. The van der Waals surface area contributed by atoms with Crippen LogP contribution in [0, 0.1) is 16.0 Å². The summed E-state index contributed by atoms with van der Waals surface area (Å²) in [6, 6.07) is 0. The summed E-state index contributed by atoms with van der Waals surface area (Å²) in [6.45, 7) is 6.52. The highest BCUT2D eigenvalue weighted by Crippen LogP contribution is 2.37. The van der Waals surface area contributed by atoms with E-state index >= 15 is 0 Å². The second-order valence-electron chi connectivity index (χ2n) is 5.75. The summed E-state index contributed by atoms with van der Waals surface area (Å²) in [7, 11) is 3.73. The van der Waals surface area contributed by atoms with Gasteiger partial charge >= 0.3 is 5.69 Å². The molecule has 0 radical (unpaired) electrons. The normalized spacial score (nSPS) is 19.1. The van der Waals surface area contributed by atoms with Crippen LogP contribution in [-0.4, -0.2) is 41.4 Å². The van der Waals surface area contributed by atoms with Crippen molar-refractivity contribution >= 4 is 11.5 Å². The first kappa shape index (κ1) is 14.8. The van der Waals surface area contributed by atoms with Gasteiger partial charge in [0, 0.05) is 26.1 Å². The van der Waals surface area contributed by atoms with E-state index in [0.29, 0.717) is 17.4 Å². The van der Waals surface area contributed by atoms with E-state index in [-0.39, 0.29) is 16.5 Å². The van der Waals surface area contributed by atoms with Crippen LogP contribution in [0.25, 0.3) is 0 Å². The number of aryl methyl sites for hydroxylation is 1. The van der Waals surface area contributed by atoms with Crippen LogP contribution in [0.15, 0.2) is 0 Å². The number of aromatic nitrogens is 2. The number of hydrogen-bond donors (Lipinski definition) is 1. The summed E-state index contributed by atoms with van der Waals surface area (Å²) < 4.78 is 1.66. The summed E-state index contributed by atoms with van der Waals surface area (Å²) in [6.07, 6.45) is 1.06. The van der Waals surface area contributed by atoms with Gasteiger partial charge in [0.05, 0.1) is 4.92 Å². The van der Waals surface area contributed by atoms with Gasteiger partial charge in [-0.3, -0.25) is 10.1 Å². The van der Waals surface area contributed by atoms with Crippen LogP contribution < -0.4 is 10.2 Å². The topological polar surface area (TPSA) is 76.2 Å². The van der Waals surface area contributed by atoms with Crippen molar-refractivity contribution in [3.8, 4) is 0 Å². The van der Waals surface area contributed by atoms with Gasteiger partial charge in [-0.25, -0.2) is 4.68 Å². The molecule has 1 aliphatic heterocycles. The van der Waals surface area contributed by atoms with Gasteiger partial charge in [0.25, 0.3) is 0 Å². The minimum atomic E-state index is -0.289. The molecule has 1 saturated heterocycles. The summed E-state index contributed by atoms with van der Waals surface area (Å²) in [5.74, 6) is 1.24. The summed E-state index contributed by atoms with van der Waals surface area (Å²) in [5, 5.41) is 19.0. The third kappa shape index (κ3) is 2.63. The molecule has 0 saturated carbocycles. The third-order valence-electron chi connectivity index (χ3n) is 3.83. The Kier molecular flexibility index (Phi) is 4.27. The van der Waals surface area contributed by atoms with Crippen LogP contribution in [0.4, 0.5) is 11.5 Å². The molecule has 2 rings (SSSR count). The monoisotopic (exact) mass is 281 g/mol. The molecule has 1 N–H and O–H groups in total. The number of nitrogens with one attached hydrogen (secondary N) is 1. The average molecular weight is 281 g/mol. The van der Waals surface area contributed by atoms with Gasteiger partial charge in [-0.1, -0.05) is 13.8 Å². The van der Waals surface area contributed by atoms with Crippen LogP contribution in [0.1, 0.15) is 31.9 Å². The molecule has 0 bridgehead atoms. The molecular weight excluding hydrogens is 258 g/mol. The van der Waals surface area contributed by atoms with Crippen LogP contribution in [-0.2, 0) is 7.05 Å². The maximum atomic E-state index is 11.4. The van der Waals surface area contributed by atoms with E-state index in [1.807, 2.05) is 20.9 Å². The fourth-order valence-electron chi connectivity index (χ4n) is 2.92. The minimum absolute atomic E-state index is 0.0473. The number of nitrogens with zero attached hydrogens (tertiary/aromatic N) is 4. The van der Waals surface area contributed by atoms with E-state index in [0.717, 1.165) is 26.1 Å². The number of nitro groups is 1. The highest BCUT2D eigenvalue weighted by atomic mass is 16.6. The SMILES string of the molecule is CNCC1CCN(c2c([N+](=O)[O-])c(C(C)C)nn2C)C1. The molecule has 0 spiro atoms. The maximum absolute atomic E-state index is 11.4. The van der Waals surface area contributed by atoms with Gasteiger partial charge < -0.3 is 10.2 Å². The van der Waals surface area contributed by atoms with Gasteiger partial charge in [-0.05, 0) is 25.9 Å². The van der Waals surface area contributed by atoms with Crippen LogP contribution in [0.5, 0.6) is 0 Å². The molecule has 1 aromatic rings. The second kappa shape index (κ2) is 5.78. The molecule has 0 amide bonds. The lowest BCUT2D eigenvalue weighted by atomic mass is 10.1. The molecule has 7 heteroatoms. The van der Waals surface area contributed by atoms with E-state index in [1.165, 1.54) is 0 Å². The standard InChI is InChI=1S/C13H23N5O2/c1-9(2)11-12(18(19)20)13(16(4)15-11)17-6-5-10(8-17)7-14-3/h9-10,14H,5-8H2,1-4H3. The molecular formula is C13H23N5O2. The van der Waals surface area contributed by atoms with Crippen molar-refractivity contribution in [1.82, 2.24) is 15.1 Å². The Balaban J connectivity index is 2.34. The van der Waals surface area contributed by atoms with Crippen LogP contribution in [0.2, 0.25) is 0 Å². The van der Waals surface area contributed by atoms with Gasteiger partial charge in [-0.2, -0.15) is 5.10 Å². The van der Waals surface area contributed by atoms with Gasteiger partial charge in [0.1, 0.15) is 5.69 Å². The zero-order chi connectivity index (χ0) is 14.9. The van der Waals surface area contributed by atoms with E-state index in [4.69, 9.17) is 0 Å². The quantitative estimate of drug-likeness (QED) is 0.654. The minimum Gasteiger partial charge on any atom is -0.351 e. The fraction of sp³-hybridized carbons (Fsp3) is 0.769. The average Bonchev–Trinajstić information content (AvgIpc) is 2.93. The van der Waals surface area contributed by atoms with Gasteiger partial charge in [0.15, 0.2) is 0 Å². The first-order valence-electron chi connectivity index (χ1n) is 7.06. The van der Waals surface area contributed by atoms with Crippen molar-refractivity contribution in [2.24, 2.45) is 13.0 Å². The Morgan fingerprint density at radius 2 is 2.25 bits per heavy atom. The van der Waals surface area contributed by atoms with Gasteiger partial charge in [-0.15, -0.1) is 0 Å². The zero-order valence-corrected chi connectivity index (χ0v) is 12.6. The smallest absolute Gasteiger partial charge is 0.334 e. The van der Waals surface area contributed by atoms with Crippen LogP contribution in [0.3, 0.4) is 0 Å².